The molecule has 3 aromatic carbocycles. The number of piperazine rings is 1. The van der Waals surface area contributed by atoms with E-state index in [9.17, 15) is 4.79 Å². The summed E-state index contributed by atoms with van der Waals surface area (Å²) >= 11 is 0. The quantitative estimate of drug-likeness (QED) is 0.607. The van der Waals surface area contributed by atoms with Crippen LogP contribution >= 0.6 is 0 Å². The van der Waals surface area contributed by atoms with E-state index in [1.54, 1.807) is 0 Å². The Labute approximate surface area is 191 Å². The van der Waals surface area contributed by atoms with Gasteiger partial charge in [0.05, 0.1) is 12.6 Å². The summed E-state index contributed by atoms with van der Waals surface area (Å²) in [6.45, 7) is 6.37. The SMILES string of the molecule is CC1Cc2ccccc2N1C(=O)CN1CCN(C(c2ccccc2)c2ccccc2)CC1. The molecule has 4 heteroatoms. The van der Waals surface area contributed by atoms with Gasteiger partial charge < -0.3 is 4.90 Å². The molecule has 0 N–H and O–H groups in total. The Kier molecular flexibility index (Phi) is 6.06. The van der Waals surface area contributed by atoms with Gasteiger partial charge in [0.25, 0.3) is 0 Å². The average Bonchev–Trinajstić information content (AvgIpc) is 3.17. The summed E-state index contributed by atoms with van der Waals surface area (Å²) < 4.78 is 0. The lowest BCUT2D eigenvalue weighted by atomic mass is 9.96. The van der Waals surface area contributed by atoms with E-state index < -0.39 is 0 Å². The number of carbonyl (C=O) groups is 1. The monoisotopic (exact) mass is 425 g/mol. The molecule has 2 aliphatic rings. The molecule has 3 aromatic rings. The molecule has 1 saturated heterocycles. The van der Waals surface area contributed by atoms with Crippen molar-refractivity contribution in [2.45, 2.75) is 25.4 Å². The fourth-order valence-corrected chi connectivity index (χ4v) is 5.28. The van der Waals surface area contributed by atoms with E-state index >= 15 is 0 Å². The molecule has 0 aliphatic carbocycles. The third-order valence-electron chi connectivity index (χ3n) is 6.84. The molecule has 0 bridgehead atoms. The predicted molar refractivity (Wildman–Crippen MR) is 130 cm³/mol. The minimum absolute atomic E-state index is 0.221. The molecular formula is C28H31N3O. The van der Waals surface area contributed by atoms with E-state index in [1.807, 2.05) is 11.0 Å². The smallest absolute Gasteiger partial charge is 0.241 e. The Hall–Kier alpha value is -2.95. The van der Waals surface area contributed by atoms with Crippen molar-refractivity contribution in [3.05, 3.63) is 102 Å². The third-order valence-corrected chi connectivity index (χ3v) is 6.84. The topological polar surface area (TPSA) is 26.8 Å². The summed E-state index contributed by atoms with van der Waals surface area (Å²) in [5.41, 5.74) is 5.03. The Morgan fingerprint density at radius 2 is 1.38 bits per heavy atom. The number of fused-ring (bicyclic) bond motifs is 1. The van der Waals surface area contributed by atoms with Crippen LogP contribution in [0.15, 0.2) is 84.9 Å². The van der Waals surface area contributed by atoms with Gasteiger partial charge in [-0.1, -0.05) is 78.9 Å². The average molecular weight is 426 g/mol. The lowest BCUT2D eigenvalue weighted by molar-refractivity contribution is -0.120. The van der Waals surface area contributed by atoms with Crippen molar-refractivity contribution in [2.24, 2.45) is 0 Å². The van der Waals surface area contributed by atoms with Crippen molar-refractivity contribution in [3.8, 4) is 0 Å². The van der Waals surface area contributed by atoms with Crippen LogP contribution in [0.25, 0.3) is 0 Å². The second-order valence-corrected chi connectivity index (χ2v) is 8.98. The lowest BCUT2D eigenvalue weighted by Crippen LogP contribution is -2.51. The fraction of sp³-hybridized carbons (Fsp3) is 0.321. The zero-order valence-corrected chi connectivity index (χ0v) is 18.7. The third kappa shape index (κ3) is 4.21. The number of nitrogens with zero attached hydrogens (tertiary/aromatic N) is 3. The minimum atomic E-state index is 0.221. The maximum absolute atomic E-state index is 13.2. The van der Waals surface area contributed by atoms with Crippen molar-refractivity contribution in [1.82, 2.24) is 9.80 Å². The summed E-state index contributed by atoms with van der Waals surface area (Å²) in [4.78, 5) is 20.1. The molecule has 32 heavy (non-hydrogen) atoms. The second kappa shape index (κ2) is 9.27. The highest BCUT2D eigenvalue weighted by Crippen LogP contribution is 2.32. The molecule has 5 rings (SSSR count). The van der Waals surface area contributed by atoms with Gasteiger partial charge >= 0.3 is 0 Å². The van der Waals surface area contributed by atoms with Crippen LogP contribution in [0.5, 0.6) is 0 Å². The zero-order chi connectivity index (χ0) is 21.9. The number of hydrogen-bond acceptors (Lipinski definition) is 3. The standard InChI is InChI=1S/C28H31N3O/c1-22-20-25-14-8-9-15-26(25)31(22)27(32)21-29-16-18-30(19-17-29)28(23-10-4-2-5-11-23)24-12-6-3-7-13-24/h2-15,22,28H,16-21H2,1H3. The Morgan fingerprint density at radius 3 is 2.00 bits per heavy atom. The van der Waals surface area contributed by atoms with Crippen LogP contribution in [0.2, 0.25) is 0 Å². The maximum Gasteiger partial charge on any atom is 0.241 e. The van der Waals surface area contributed by atoms with Crippen LogP contribution in [-0.2, 0) is 11.2 Å². The van der Waals surface area contributed by atoms with Crippen molar-refractivity contribution >= 4 is 11.6 Å². The summed E-state index contributed by atoms with van der Waals surface area (Å²) in [6.07, 6.45) is 0.950. The summed E-state index contributed by atoms with van der Waals surface area (Å²) in [5.74, 6) is 0.221. The Morgan fingerprint density at radius 1 is 0.812 bits per heavy atom. The van der Waals surface area contributed by atoms with Gasteiger partial charge in [0.15, 0.2) is 0 Å². The van der Waals surface area contributed by atoms with Gasteiger partial charge in [0, 0.05) is 37.9 Å². The Balaban J connectivity index is 1.26. The largest absolute Gasteiger partial charge is 0.308 e. The van der Waals surface area contributed by atoms with E-state index in [2.05, 4.69) is 95.6 Å². The molecule has 0 aromatic heterocycles. The first-order valence-corrected chi connectivity index (χ1v) is 11.7. The molecule has 2 aliphatic heterocycles. The molecule has 0 radical (unpaired) electrons. The molecule has 1 atom stereocenters. The van der Waals surface area contributed by atoms with E-state index in [-0.39, 0.29) is 18.0 Å². The normalized spacial score (nSPS) is 19.3. The number of carbonyl (C=O) groups excluding carboxylic acids is 1. The van der Waals surface area contributed by atoms with Crippen molar-refractivity contribution in [2.75, 3.05) is 37.6 Å². The zero-order valence-electron chi connectivity index (χ0n) is 18.7. The van der Waals surface area contributed by atoms with Gasteiger partial charge in [0.2, 0.25) is 5.91 Å². The van der Waals surface area contributed by atoms with Gasteiger partial charge in [0.1, 0.15) is 0 Å². The van der Waals surface area contributed by atoms with Gasteiger partial charge in [-0.2, -0.15) is 0 Å². The van der Waals surface area contributed by atoms with Gasteiger partial charge in [-0.15, -0.1) is 0 Å². The minimum Gasteiger partial charge on any atom is -0.308 e. The highest BCUT2D eigenvalue weighted by atomic mass is 16.2. The highest BCUT2D eigenvalue weighted by molar-refractivity contribution is 5.97. The van der Waals surface area contributed by atoms with Crippen molar-refractivity contribution in [1.29, 1.82) is 0 Å². The number of anilines is 1. The van der Waals surface area contributed by atoms with E-state index in [0.29, 0.717) is 6.54 Å². The van der Waals surface area contributed by atoms with Crippen LogP contribution < -0.4 is 4.90 Å². The van der Waals surface area contributed by atoms with Crippen LogP contribution in [-0.4, -0.2) is 54.5 Å². The van der Waals surface area contributed by atoms with Crippen LogP contribution in [0, 0.1) is 0 Å². The molecule has 1 amide bonds. The molecule has 4 nitrogen and oxygen atoms in total. The molecule has 0 spiro atoms. The number of para-hydroxylation sites is 1. The summed E-state index contributed by atoms with van der Waals surface area (Å²) in [7, 11) is 0. The van der Waals surface area contributed by atoms with E-state index in [4.69, 9.17) is 0 Å². The highest BCUT2D eigenvalue weighted by Gasteiger charge is 2.32. The number of rotatable bonds is 5. The number of benzene rings is 3. The maximum atomic E-state index is 13.2. The van der Waals surface area contributed by atoms with Crippen LogP contribution in [0.1, 0.15) is 29.7 Å². The molecule has 1 fully saturated rings. The predicted octanol–water partition coefficient (Wildman–Crippen LogP) is 4.37. The first kappa shape index (κ1) is 20.9. The van der Waals surface area contributed by atoms with E-state index in [1.165, 1.54) is 16.7 Å². The molecule has 2 heterocycles. The molecule has 164 valence electrons. The Bertz CT molecular complexity index is 1010. The molecule has 1 unspecified atom stereocenters. The summed E-state index contributed by atoms with van der Waals surface area (Å²) in [5, 5.41) is 0. The lowest BCUT2D eigenvalue weighted by Gasteiger charge is -2.40. The van der Waals surface area contributed by atoms with Crippen LogP contribution in [0.4, 0.5) is 5.69 Å². The fourth-order valence-electron chi connectivity index (χ4n) is 5.28. The molecular weight excluding hydrogens is 394 g/mol. The second-order valence-electron chi connectivity index (χ2n) is 8.98. The number of hydrogen-bond donors (Lipinski definition) is 0. The first-order chi connectivity index (χ1) is 15.7. The van der Waals surface area contributed by atoms with Crippen molar-refractivity contribution < 1.29 is 4.79 Å². The summed E-state index contributed by atoms with van der Waals surface area (Å²) in [6, 6.07) is 30.3. The van der Waals surface area contributed by atoms with Gasteiger partial charge in [-0.3, -0.25) is 14.6 Å². The van der Waals surface area contributed by atoms with Crippen LogP contribution in [0.3, 0.4) is 0 Å². The first-order valence-electron chi connectivity index (χ1n) is 11.7. The van der Waals surface area contributed by atoms with E-state index in [0.717, 1.165) is 38.3 Å². The number of amides is 1. The van der Waals surface area contributed by atoms with Gasteiger partial charge in [-0.25, -0.2) is 0 Å². The van der Waals surface area contributed by atoms with Crippen molar-refractivity contribution in [3.63, 3.8) is 0 Å². The van der Waals surface area contributed by atoms with Gasteiger partial charge in [-0.05, 0) is 36.1 Å². The molecule has 0 saturated carbocycles.